The highest BCUT2D eigenvalue weighted by molar-refractivity contribution is 5.99. The summed E-state index contributed by atoms with van der Waals surface area (Å²) in [5.74, 6) is 0.120. The number of carbonyl (C=O) groups is 1. The molecule has 0 unspecified atom stereocenters. The third kappa shape index (κ3) is 3.71. The first-order valence-electron chi connectivity index (χ1n) is 8.10. The van der Waals surface area contributed by atoms with Crippen LogP contribution in [-0.4, -0.2) is 48.9 Å². The quantitative estimate of drug-likeness (QED) is 0.943. The van der Waals surface area contributed by atoms with Crippen LogP contribution in [0.1, 0.15) is 15.9 Å². The van der Waals surface area contributed by atoms with E-state index in [-0.39, 0.29) is 5.91 Å². The van der Waals surface area contributed by atoms with Gasteiger partial charge < -0.3 is 10.2 Å². The van der Waals surface area contributed by atoms with Gasteiger partial charge in [-0.3, -0.25) is 9.69 Å². The summed E-state index contributed by atoms with van der Waals surface area (Å²) in [5.41, 5.74) is 2.98. The fourth-order valence-corrected chi connectivity index (χ4v) is 3.01. The number of para-hydroxylation sites is 1. The van der Waals surface area contributed by atoms with E-state index in [4.69, 9.17) is 0 Å². The molecule has 23 heavy (non-hydrogen) atoms. The van der Waals surface area contributed by atoms with E-state index in [1.165, 1.54) is 5.56 Å². The Morgan fingerprint density at radius 3 is 2.30 bits per heavy atom. The van der Waals surface area contributed by atoms with Gasteiger partial charge in [0.2, 0.25) is 0 Å². The number of anilines is 1. The van der Waals surface area contributed by atoms with E-state index in [1.807, 2.05) is 42.3 Å². The van der Waals surface area contributed by atoms with Crippen LogP contribution in [0.5, 0.6) is 0 Å². The van der Waals surface area contributed by atoms with Gasteiger partial charge >= 0.3 is 0 Å². The number of carbonyl (C=O) groups excluding carboxylic acids is 1. The lowest BCUT2D eigenvalue weighted by Crippen LogP contribution is -2.48. The summed E-state index contributed by atoms with van der Waals surface area (Å²) in [5, 5.41) is 3.10. The fraction of sp³-hybridized carbons (Fsp3) is 0.316. The fourth-order valence-electron chi connectivity index (χ4n) is 3.01. The van der Waals surface area contributed by atoms with Gasteiger partial charge in [0, 0.05) is 45.5 Å². The van der Waals surface area contributed by atoms with Crippen LogP contribution in [0.25, 0.3) is 0 Å². The molecule has 1 heterocycles. The second-order valence-electron chi connectivity index (χ2n) is 5.85. The van der Waals surface area contributed by atoms with Crippen molar-refractivity contribution in [1.29, 1.82) is 0 Å². The molecule has 1 aliphatic heterocycles. The summed E-state index contributed by atoms with van der Waals surface area (Å²) in [6.45, 7) is 4.36. The molecule has 3 rings (SSSR count). The third-order valence-electron chi connectivity index (χ3n) is 4.34. The molecule has 0 bridgehead atoms. The number of piperazine rings is 1. The number of hydrogen-bond acceptors (Lipinski definition) is 3. The van der Waals surface area contributed by atoms with Gasteiger partial charge in [-0.05, 0) is 17.7 Å². The van der Waals surface area contributed by atoms with E-state index in [2.05, 4.69) is 34.5 Å². The zero-order valence-electron chi connectivity index (χ0n) is 13.5. The molecule has 0 saturated carbocycles. The average molecular weight is 309 g/mol. The molecule has 0 spiro atoms. The minimum absolute atomic E-state index is 0.120. The number of rotatable bonds is 4. The molecule has 0 aliphatic carbocycles. The highest BCUT2D eigenvalue weighted by atomic mass is 16.2. The zero-order valence-corrected chi connectivity index (χ0v) is 13.5. The van der Waals surface area contributed by atoms with Crippen LogP contribution in [0.3, 0.4) is 0 Å². The van der Waals surface area contributed by atoms with E-state index >= 15 is 0 Å². The van der Waals surface area contributed by atoms with Crippen molar-refractivity contribution in [3.8, 4) is 0 Å². The standard InChI is InChI=1S/C19H23N3O/c1-20-18-10-6-5-9-17(18)19(23)22-13-11-21(12-14-22)15-16-7-3-2-4-8-16/h2-10,20H,11-15H2,1H3. The van der Waals surface area contributed by atoms with Crippen molar-refractivity contribution >= 4 is 11.6 Å². The Hall–Kier alpha value is -2.33. The van der Waals surface area contributed by atoms with Crippen molar-refractivity contribution in [2.75, 3.05) is 38.5 Å². The lowest BCUT2D eigenvalue weighted by atomic mass is 10.1. The summed E-state index contributed by atoms with van der Waals surface area (Å²) in [7, 11) is 1.85. The first-order chi connectivity index (χ1) is 11.3. The topological polar surface area (TPSA) is 35.6 Å². The van der Waals surface area contributed by atoms with Crippen molar-refractivity contribution < 1.29 is 4.79 Å². The molecule has 1 fully saturated rings. The predicted octanol–water partition coefficient (Wildman–Crippen LogP) is 2.69. The van der Waals surface area contributed by atoms with Gasteiger partial charge in [0.1, 0.15) is 0 Å². The second kappa shape index (κ2) is 7.29. The van der Waals surface area contributed by atoms with Crippen LogP contribution in [0.2, 0.25) is 0 Å². The minimum atomic E-state index is 0.120. The van der Waals surface area contributed by atoms with Gasteiger partial charge in [0.15, 0.2) is 0 Å². The van der Waals surface area contributed by atoms with Gasteiger partial charge in [-0.15, -0.1) is 0 Å². The van der Waals surface area contributed by atoms with Gasteiger partial charge in [-0.1, -0.05) is 42.5 Å². The molecule has 1 N–H and O–H groups in total. The molecule has 4 nitrogen and oxygen atoms in total. The van der Waals surface area contributed by atoms with Crippen molar-refractivity contribution in [1.82, 2.24) is 9.80 Å². The summed E-state index contributed by atoms with van der Waals surface area (Å²) < 4.78 is 0. The molecule has 0 atom stereocenters. The van der Waals surface area contributed by atoms with E-state index < -0.39 is 0 Å². The van der Waals surface area contributed by atoms with E-state index in [9.17, 15) is 4.79 Å². The Kier molecular flexibility index (Phi) is 4.93. The SMILES string of the molecule is CNc1ccccc1C(=O)N1CCN(Cc2ccccc2)CC1. The number of hydrogen-bond donors (Lipinski definition) is 1. The van der Waals surface area contributed by atoms with E-state index in [0.29, 0.717) is 0 Å². The Labute approximate surface area is 137 Å². The minimum Gasteiger partial charge on any atom is -0.387 e. The molecule has 0 radical (unpaired) electrons. The van der Waals surface area contributed by atoms with Crippen molar-refractivity contribution in [2.24, 2.45) is 0 Å². The van der Waals surface area contributed by atoms with Crippen LogP contribution in [-0.2, 0) is 6.54 Å². The summed E-state index contributed by atoms with van der Waals surface area (Å²) in [6.07, 6.45) is 0. The molecule has 1 amide bonds. The largest absolute Gasteiger partial charge is 0.387 e. The number of amides is 1. The monoisotopic (exact) mass is 309 g/mol. The van der Waals surface area contributed by atoms with Gasteiger partial charge in [-0.25, -0.2) is 0 Å². The van der Waals surface area contributed by atoms with E-state index in [1.54, 1.807) is 0 Å². The predicted molar refractivity (Wildman–Crippen MR) is 93.6 cm³/mol. The number of nitrogens with zero attached hydrogens (tertiary/aromatic N) is 2. The highest BCUT2D eigenvalue weighted by Crippen LogP contribution is 2.18. The van der Waals surface area contributed by atoms with Crippen LogP contribution >= 0.6 is 0 Å². The van der Waals surface area contributed by atoms with Crippen LogP contribution < -0.4 is 5.32 Å². The molecule has 2 aromatic rings. The molecular formula is C19H23N3O. The molecular weight excluding hydrogens is 286 g/mol. The summed E-state index contributed by atoms with van der Waals surface area (Å²) in [4.78, 5) is 17.1. The molecule has 0 aromatic heterocycles. The Morgan fingerprint density at radius 2 is 1.61 bits per heavy atom. The zero-order chi connectivity index (χ0) is 16.1. The van der Waals surface area contributed by atoms with Gasteiger partial charge in [0.05, 0.1) is 5.56 Å². The summed E-state index contributed by atoms with van der Waals surface area (Å²) in [6, 6.07) is 18.2. The molecule has 4 heteroatoms. The molecule has 1 aliphatic rings. The van der Waals surface area contributed by atoms with Gasteiger partial charge in [-0.2, -0.15) is 0 Å². The average Bonchev–Trinajstić information content (AvgIpc) is 2.62. The van der Waals surface area contributed by atoms with Crippen LogP contribution in [0.4, 0.5) is 5.69 Å². The van der Waals surface area contributed by atoms with Crippen LogP contribution in [0.15, 0.2) is 54.6 Å². The Bertz CT molecular complexity index is 649. The van der Waals surface area contributed by atoms with Crippen molar-refractivity contribution in [2.45, 2.75) is 6.54 Å². The first-order valence-corrected chi connectivity index (χ1v) is 8.10. The highest BCUT2D eigenvalue weighted by Gasteiger charge is 2.23. The van der Waals surface area contributed by atoms with Gasteiger partial charge in [0.25, 0.3) is 5.91 Å². The third-order valence-corrected chi connectivity index (χ3v) is 4.34. The van der Waals surface area contributed by atoms with Crippen molar-refractivity contribution in [3.63, 3.8) is 0 Å². The molecule has 120 valence electrons. The lowest BCUT2D eigenvalue weighted by Gasteiger charge is -2.35. The second-order valence-corrected chi connectivity index (χ2v) is 5.85. The first kappa shape index (κ1) is 15.6. The number of benzene rings is 2. The number of nitrogens with one attached hydrogen (secondary N) is 1. The smallest absolute Gasteiger partial charge is 0.256 e. The van der Waals surface area contributed by atoms with E-state index in [0.717, 1.165) is 44.0 Å². The van der Waals surface area contributed by atoms with Crippen LogP contribution in [0, 0.1) is 0 Å². The van der Waals surface area contributed by atoms with Crippen molar-refractivity contribution in [3.05, 3.63) is 65.7 Å². The maximum Gasteiger partial charge on any atom is 0.256 e. The normalized spacial score (nSPS) is 15.4. The molecule has 2 aromatic carbocycles. The lowest BCUT2D eigenvalue weighted by molar-refractivity contribution is 0.0629. The Morgan fingerprint density at radius 1 is 0.957 bits per heavy atom. The summed E-state index contributed by atoms with van der Waals surface area (Å²) >= 11 is 0. The maximum atomic E-state index is 12.7. The molecule has 1 saturated heterocycles. The maximum absolute atomic E-state index is 12.7. The Balaban J connectivity index is 1.59.